The van der Waals surface area contributed by atoms with Gasteiger partial charge in [-0.1, -0.05) is 18.2 Å². The van der Waals surface area contributed by atoms with E-state index in [0.717, 1.165) is 30.7 Å². The second-order valence-electron chi connectivity index (χ2n) is 6.03. The summed E-state index contributed by atoms with van der Waals surface area (Å²) in [6, 6.07) is 13.3. The molecule has 116 valence electrons. The molecule has 0 aromatic heterocycles. The van der Waals surface area contributed by atoms with Gasteiger partial charge in [-0.05, 0) is 79.2 Å². The number of fused-ring (bicyclic) bond motifs is 1. The van der Waals surface area contributed by atoms with E-state index in [2.05, 4.69) is 17.4 Å². The first-order valence-corrected chi connectivity index (χ1v) is 7.77. The third-order valence-electron chi connectivity index (χ3n) is 4.61. The fourth-order valence-electron chi connectivity index (χ4n) is 3.58. The van der Waals surface area contributed by atoms with Crippen LogP contribution in [0.5, 0.6) is 5.75 Å². The Labute approximate surface area is 131 Å². The molecule has 2 aromatic carbocycles. The highest BCUT2D eigenvalue weighted by Crippen LogP contribution is 2.41. The van der Waals surface area contributed by atoms with Crippen LogP contribution < -0.4 is 10.1 Å². The average Bonchev–Trinajstić information content (AvgIpc) is 2.85. The van der Waals surface area contributed by atoms with Crippen molar-refractivity contribution in [3.8, 4) is 5.75 Å². The molecule has 1 N–H and O–H groups in total. The number of hydrogen-bond acceptors (Lipinski definition) is 2. The van der Waals surface area contributed by atoms with E-state index >= 15 is 0 Å². The van der Waals surface area contributed by atoms with E-state index in [0.29, 0.717) is 11.8 Å². The van der Waals surface area contributed by atoms with E-state index in [4.69, 9.17) is 4.74 Å². The molecule has 0 amide bonds. The highest BCUT2D eigenvalue weighted by atomic mass is 19.1. The van der Waals surface area contributed by atoms with Crippen molar-refractivity contribution in [2.24, 2.45) is 5.92 Å². The Balaban J connectivity index is 1.92. The maximum Gasteiger partial charge on any atom is 0.123 e. The molecule has 22 heavy (non-hydrogen) atoms. The Morgan fingerprint density at radius 1 is 1.23 bits per heavy atom. The summed E-state index contributed by atoms with van der Waals surface area (Å²) in [6.45, 7) is 0.969. The van der Waals surface area contributed by atoms with E-state index in [-0.39, 0.29) is 5.82 Å². The van der Waals surface area contributed by atoms with Crippen molar-refractivity contribution in [3.63, 3.8) is 0 Å². The van der Waals surface area contributed by atoms with Crippen LogP contribution in [-0.2, 0) is 12.8 Å². The predicted molar refractivity (Wildman–Crippen MR) is 87.0 cm³/mol. The van der Waals surface area contributed by atoms with Crippen molar-refractivity contribution in [3.05, 3.63) is 65.0 Å². The van der Waals surface area contributed by atoms with Crippen LogP contribution in [0.2, 0.25) is 0 Å². The molecule has 0 radical (unpaired) electrons. The van der Waals surface area contributed by atoms with E-state index in [1.54, 1.807) is 19.2 Å². The van der Waals surface area contributed by atoms with Crippen LogP contribution in [0.3, 0.4) is 0 Å². The SMILES string of the molecule is CNCC1Cc2ccc(OC)cc2C1Cc1cccc(F)c1. The Bertz CT molecular complexity index is 656. The van der Waals surface area contributed by atoms with Crippen molar-refractivity contribution in [1.82, 2.24) is 5.32 Å². The summed E-state index contributed by atoms with van der Waals surface area (Å²) in [5, 5.41) is 3.29. The maximum atomic E-state index is 13.5. The number of ether oxygens (including phenoxy) is 1. The van der Waals surface area contributed by atoms with Gasteiger partial charge in [-0.25, -0.2) is 4.39 Å². The van der Waals surface area contributed by atoms with Crippen LogP contribution in [0.1, 0.15) is 22.6 Å². The van der Waals surface area contributed by atoms with Gasteiger partial charge < -0.3 is 10.1 Å². The molecule has 0 saturated carbocycles. The van der Waals surface area contributed by atoms with Crippen molar-refractivity contribution < 1.29 is 9.13 Å². The molecule has 2 nitrogen and oxygen atoms in total. The molecular formula is C19H22FNO. The predicted octanol–water partition coefficient (Wildman–Crippen LogP) is 3.55. The van der Waals surface area contributed by atoms with Crippen molar-refractivity contribution >= 4 is 0 Å². The summed E-state index contributed by atoms with van der Waals surface area (Å²) in [5.41, 5.74) is 3.80. The molecule has 2 aromatic rings. The number of methoxy groups -OCH3 is 1. The van der Waals surface area contributed by atoms with Crippen LogP contribution in [0.15, 0.2) is 42.5 Å². The molecule has 0 spiro atoms. The first-order valence-electron chi connectivity index (χ1n) is 7.77. The van der Waals surface area contributed by atoms with Gasteiger partial charge in [-0.15, -0.1) is 0 Å². The smallest absolute Gasteiger partial charge is 0.123 e. The molecule has 3 rings (SSSR count). The summed E-state index contributed by atoms with van der Waals surface area (Å²) in [4.78, 5) is 0. The number of benzene rings is 2. The molecule has 1 aliphatic rings. The third-order valence-corrected chi connectivity index (χ3v) is 4.61. The van der Waals surface area contributed by atoms with Crippen LogP contribution >= 0.6 is 0 Å². The average molecular weight is 299 g/mol. The first-order chi connectivity index (χ1) is 10.7. The minimum atomic E-state index is -0.161. The first kappa shape index (κ1) is 15.0. The molecule has 0 fully saturated rings. The molecule has 1 aliphatic carbocycles. The minimum Gasteiger partial charge on any atom is -0.497 e. The van der Waals surface area contributed by atoms with Gasteiger partial charge in [-0.3, -0.25) is 0 Å². The fourth-order valence-corrected chi connectivity index (χ4v) is 3.58. The molecule has 0 saturated heterocycles. The number of nitrogens with one attached hydrogen (secondary N) is 1. The molecular weight excluding hydrogens is 277 g/mol. The number of rotatable bonds is 5. The summed E-state index contributed by atoms with van der Waals surface area (Å²) < 4.78 is 18.8. The number of hydrogen-bond donors (Lipinski definition) is 1. The lowest BCUT2D eigenvalue weighted by Crippen LogP contribution is -2.23. The monoisotopic (exact) mass is 299 g/mol. The lowest BCUT2D eigenvalue weighted by molar-refractivity contribution is 0.411. The minimum absolute atomic E-state index is 0.161. The second kappa shape index (κ2) is 6.49. The Morgan fingerprint density at radius 2 is 2.09 bits per heavy atom. The van der Waals surface area contributed by atoms with Crippen LogP contribution in [0.25, 0.3) is 0 Å². The molecule has 2 unspecified atom stereocenters. The summed E-state index contributed by atoms with van der Waals surface area (Å²) in [7, 11) is 3.69. The van der Waals surface area contributed by atoms with Crippen molar-refractivity contribution in [2.75, 3.05) is 20.7 Å². The van der Waals surface area contributed by atoms with Crippen LogP contribution in [0, 0.1) is 11.7 Å². The summed E-state index contributed by atoms with van der Waals surface area (Å²) in [5.74, 6) is 1.68. The van der Waals surface area contributed by atoms with E-state index in [9.17, 15) is 4.39 Å². The highest BCUT2D eigenvalue weighted by Gasteiger charge is 2.32. The zero-order chi connectivity index (χ0) is 15.5. The Kier molecular flexibility index (Phi) is 4.44. The Morgan fingerprint density at radius 3 is 2.82 bits per heavy atom. The molecule has 0 heterocycles. The third kappa shape index (κ3) is 3.00. The van der Waals surface area contributed by atoms with Gasteiger partial charge in [0, 0.05) is 0 Å². The van der Waals surface area contributed by atoms with Gasteiger partial charge in [0.2, 0.25) is 0 Å². The van der Waals surface area contributed by atoms with Crippen LogP contribution in [-0.4, -0.2) is 20.7 Å². The van der Waals surface area contributed by atoms with Gasteiger partial charge >= 0.3 is 0 Å². The summed E-state index contributed by atoms with van der Waals surface area (Å²) >= 11 is 0. The van der Waals surface area contributed by atoms with Crippen molar-refractivity contribution in [1.29, 1.82) is 0 Å². The van der Waals surface area contributed by atoms with Gasteiger partial charge in [0.05, 0.1) is 7.11 Å². The maximum absolute atomic E-state index is 13.5. The fraction of sp³-hybridized carbons (Fsp3) is 0.368. The molecule has 3 heteroatoms. The molecule has 2 atom stereocenters. The van der Waals surface area contributed by atoms with Gasteiger partial charge in [-0.2, -0.15) is 0 Å². The van der Waals surface area contributed by atoms with E-state index in [1.807, 2.05) is 19.2 Å². The Hall–Kier alpha value is -1.87. The largest absolute Gasteiger partial charge is 0.497 e. The lowest BCUT2D eigenvalue weighted by atomic mass is 9.86. The zero-order valence-electron chi connectivity index (χ0n) is 13.1. The zero-order valence-corrected chi connectivity index (χ0v) is 13.1. The topological polar surface area (TPSA) is 21.3 Å². The second-order valence-corrected chi connectivity index (χ2v) is 6.03. The normalized spacial score (nSPS) is 20.0. The van der Waals surface area contributed by atoms with Crippen molar-refractivity contribution in [2.45, 2.75) is 18.8 Å². The number of halogens is 1. The summed E-state index contributed by atoms with van der Waals surface area (Å²) in [6.07, 6.45) is 1.93. The van der Waals surface area contributed by atoms with E-state index in [1.165, 1.54) is 17.2 Å². The van der Waals surface area contributed by atoms with Gasteiger partial charge in [0.25, 0.3) is 0 Å². The molecule has 0 bridgehead atoms. The van der Waals surface area contributed by atoms with E-state index < -0.39 is 0 Å². The highest BCUT2D eigenvalue weighted by molar-refractivity contribution is 5.43. The van der Waals surface area contributed by atoms with Crippen LogP contribution in [0.4, 0.5) is 4.39 Å². The standard InChI is InChI=1S/C19H22FNO/c1-21-12-15-10-14-6-7-17(22-2)11-19(14)18(15)9-13-4-3-5-16(20)8-13/h3-8,11,15,18,21H,9-10,12H2,1-2H3. The lowest BCUT2D eigenvalue weighted by Gasteiger charge is -2.21. The molecule has 0 aliphatic heterocycles. The van der Waals surface area contributed by atoms with Gasteiger partial charge in [0.1, 0.15) is 11.6 Å². The quantitative estimate of drug-likeness (QED) is 0.911. The van der Waals surface area contributed by atoms with Gasteiger partial charge in [0.15, 0.2) is 0 Å².